The SMILES string of the molecule is C=CC(=O)N(O)c1cc(C)c(S(=O)(=O)O)c(=O)[nH]1. The van der Waals surface area contributed by atoms with E-state index >= 15 is 0 Å². The van der Waals surface area contributed by atoms with Crippen LogP contribution >= 0.6 is 0 Å². The monoisotopic (exact) mass is 274 g/mol. The van der Waals surface area contributed by atoms with Crippen molar-refractivity contribution in [2.45, 2.75) is 11.8 Å². The minimum Gasteiger partial charge on any atom is -0.305 e. The van der Waals surface area contributed by atoms with Crippen molar-refractivity contribution in [2.75, 3.05) is 5.06 Å². The normalized spacial score (nSPS) is 11.1. The molecule has 0 saturated heterocycles. The number of carbonyl (C=O) groups is 1. The third-order valence-corrected chi connectivity index (χ3v) is 3.05. The van der Waals surface area contributed by atoms with Crippen LogP contribution in [0.1, 0.15) is 5.56 Å². The molecule has 1 heterocycles. The van der Waals surface area contributed by atoms with E-state index in [-0.39, 0.29) is 16.4 Å². The third-order valence-electron chi connectivity index (χ3n) is 2.03. The van der Waals surface area contributed by atoms with Crippen molar-refractivity contribution in [1.82, 2.24) is 4.98 Å². The lowest BCUT2D eigenvalue weighted by Gasteiger charge is -2.13. The average Bonchev–Trinajstić information content (AvgIpc) is 2.23. The lowest BCUT2D eigenvalue weighted by molar-refractivity contribution is -0.119. The molecule has 18 heavy (non-hydrogen) atoms. The smallest absolute Gasteiger partial charge is 0.300 e. The zero-order chi connectivity index (χ0) is 14.1. The molecule has 0 bridgehead atoms. The summed E-state index contributed by atoms with van der Waals surface area (Å²) in [6.07, 6.45) is 0.796. The molecule has 1 aromatic heterocycles. The Morgan fingerprint density at radius 1 is 1.56 bits per heavy atom. The minimum absolute atomic E-state index is 0.0924. The highest BCUT2D eigenvalue weighted by Crippen LogP contribution is 2.15. The molecule has 1 aromatic rings. The van der Waals surface area contributed by atoms with Gasteiger partial charge in [0, 0.05) is 0 Å². The number of carbonyl (C=O) groups excluding carboxylic acids is 1. The van der Waals surface area contributed by atoms with E-state index in [4.69, 9.17) is 4.55 Å². The zero-order valence-electron chi connectivity index (χ0n) is 9.24. The molecule has 0 aliphatic carbocycles. The number of rotatable bonds is 3. The molecule has 0 aliphatic rings. The second-order valence-electron chi connectivity index (χ2n) is 3.33. The van der Waals surface area contributed by atoms with E-state index in [1.165, 1.54) is 6.92 Å². The van der Waals surface area contributed by atoms with Crippen molar-refractivity contribution in [3.05, 3.63) is 34.6 Å². The minimum atomic E-state index is -4.68. The molecular formula is C9H10N2O6S. The van der Waals surface area contributed by atoms with Gasteiger partial charge in [-0.2, -0.15) is 13.5 Å². The fourth-order valence-electron chi connectivity index (χ4n) is 1.30. The van der Waals surface area contributed by atoms with Crippen molar-refractivity contribution in [3.63, 3.8) is 0 Å². The van der Waals surface area contributed by atoms with Crippen LogP contribution < -0.4 is 10.6 Å². The number of aromatic nitrogens is 1. The largest absolute Gasteiger partial charge is 0.305 e. The number of amides is 1. The molecule has 0 atom stereocenters. The lowest BCUT2D eigenvalue weighted by atomic mass is 10.3. The van der Waals surface area contributed by atoms with E-state index in [2.05, 4.69) is 6.58 Å². The molecule has 3 N–H and O–H groups in total. The number of hydroxylamine groups is 1. The number of aryl methyl sites for hydroxylation is 1. The summed E-state index contributed by atoms with van der Waals surface area (Å²) in [5.41, 5.74) is -1.27. The summed E-state index contributed by atoms with van der Waals surface area (Å²) < 4.78 is 30.7. The summed E-state index contributed by atoms with van der Waals surface area (Å²) in [7, 11) is -4.68. The van der Waals surface area contributed by atoms with Gasteiger partial charge in [-0.25, -0.2) is 0 Å². The van der Waals surface area contributed by atoms with E-state index < -0.39 is 26.5 Å². The van der Waals surface area contributed by atoms with Gasteiger partial charge in [0.05, 0.1) is 0 Å². The Hall–Kier alpha value is -1.97. The predicted molar refractivity (Wildman–Crippen MR) is 61.1 cm³/mol. The van der Waals surface area contributed by atoms with Crippen LogP contribution in [0.15, 0.2) is 28.4 Å². The number of H-pyrrole nitrogens is 1. The maximum atomic E-state index is 11.5. The average molecular weight is 274 g/mol. The highest BCUT2D eigenvalue weighted by atomic mass is 32.2. The summed E-state index contributed by atoms with van der Waals surface area (Å²) >= 11 is 0. The maximum absolute atomic E-state index is 11.5. The van der Waals surface area contributed by atoms with Crippen LogP contribution in [-0.4, -0.2) is 29.1 Å². The molecule has 0 saturated carbocycles. The van der Waals surface area contributed by atoms with Crippen molar-refractivity contribution < 1.29 is 23.0 Å². The maximum Gasteiger partial charge on any atom is 0.300 e. The molecule has 0 unspecified atom stereocenters. The number of pyridine rings is 1. The summed E-state index contributed by atoms with van der Waals surface area (Å²) in [5.74, 6) is -1.25. The Kier molecular flexibility index (Phi) is 3.70. The van der Waals surface area contributed by atoms with E-state index in [1.807, 2.05) is 4.98 Å². The first-order chi connectivity index (χ1) is 8.18. The van der Waals surface area contributed by atoms with Gasteiger partial charge >= 0.3 is 0 Å². The van der Waals surface area contributed by atoms with Gasteiger partial charge in [0.15, 0.2) is 4.90 Å². The molecule has 0 aliphatic heterocycles. The predicted octanol–water partition coefficient (Wildman–Crippen LogP) is -0.162. The number of nitrogens with zero attached hydrogens (tertiary/aromatic N) is 1. The molecule has 0 aromatic carbocycles. The summed E-state index contributed by atoms with van der Waals surface area (Å²) in [5, 5.41) is 9.45. The second-order valence-corrected chi connectivity index (χ2v) is 4.68. The molecular weight excluding hydrogens is 264 g/mol. The van der Waals surface area contributed by atoms with E-state index in [0.717, 1.165) is 12.1 Å². The summed E-state index contributed by atoms with van der Waals surface area (Å²) in [6, 6.07) is 1.02. The van der Waals surface area contributed by atoms with Crippen molar-refractivity contribution in [1.29, 1.82) is 0 Å². The Bertz CT molecular complexity index is 660. The fraction of sp³-hybridized carbons (Fsp3) is 0.111. The van der Waals surface area contributed by atoms with Crippen molar-refractivity contribution in [2.24, 2.45) is 0 Å². The highest BCUT2D eigenvalue weighted by molar-refractivity contribution is 7.85. The van der Waals surface area contributed by atoms with E-state index in [9.17, 15) is 23.2 Å². The van der Waals surface area contributed by atoms with E-state index in [1.54, 1.807) is 0 Å². The van der Waals surface area contributed by atoms with Crippen LogP contribution in [0.2, 0.25) is 0 Å². The van der Waals surface area contributed by atoms with Gasteiger partial charge < -0.3 is 4.98 Å². The number of nitrogens with one attached hydrogen (secondary N) is 1. The fourth-order valence-corrected chi connectivity index (χ4v) is 2.05. The molecule has 8 nitrogen and oxygen atoms in total. The number of aromatic amines is 1. The Morgan fingerprint density at radius 3 is 2.50 bits per heavy atom. The topological polar surface area (TPSA) is 128 Å². The van der Waals surface area contributed by atoms with Gasteiger partial charge in [0.1, 0.15) is 5.82 Å². The number of hydrogen-bond donors (Lipinski definition) is 3. The number of hydrogen-bond acceptors (Lipinski definition) is 5. The summed E-state index contributed by atoms with van der Waals surface area (Å²) in [6.45, 7) is 4.36. The van der Waals surface area contributed by atoms with Crippen molar-refractivity contribution >= 4 is 21.8 Å². The molecule has 98 valence electrons. The third kappa shape index (κ3) is 2.64. The lowest BCUT2D eigenvalue weighted by Crippen LogP contribution is -2.29. The summed E-state index contributed by atoms with van der Waals surface area (Å²) in [4.78, 5) is 23.6. The van der Waals surface area contributed by atoms with Crippen LogP contribution in [0.5, 0.6) is 0 Å². The molecule has 1 rings (SSSR count). The highest BCUT2D eigenvalue weighted by Gasteiger charge is 2.21. The first-order valence-electron chi connectivity index (χ1n) is 4.55. The first-order valence-corrected chi connectivity index (χ1v) is 5.99. The zero-order valence-corrected chi connectivity index (χ0v) is 10.1. The van der Waals surface area contributed by atoms with Gasteiger partial charge in [-0.05, 0) is 24.6 Å². The Morgan fingerprint density at radius 2 is 2.11 bits per heavy atom. The molecule has 0 fully saturated rings. The Labute approximate surface area is 102 Å². The quantitative estimate of drug-likeness (QED) is 0.304. The molecule has 9 heteroatoms. The standard InChI is InChI=1S/C9H10N2O6S/c1-3-7(12)11(14)6-4-5(2)8(9(13)10-6)18(15,16)17/h3-4,14H,1H2,2H3,(H,10,13)(H,15,16,17). The molecule has 0 radical (unpaired) electrons. The van der Waals surface area contributed by atoms with Crippen LogP contribution in [0.3, 0.4) is 0 Å². The van der Waals surface area contributed by atoms with Crippen LogP contribution in [-0.2, 0) is 14.9 Å². The second kappa shape index (κ2) is 4.72. The van der Waals surface area contributed by atoms with Gasteiger partial charge in [0.2, 0.25) is 0 Å². The van der Waals surface area contributed by atoms with Crippen LogP contribution in [0.4, 0.5) is 5.82 Å². The van der Waals surface area contributed by atoms with Gasteiger partial charge in [-0.15, -0.1) is 0 Å². The van der Waals surface area contributed by atoms with Gasteiger partial charge in [-0.1, -0.05) is 6.58 Å². The Balaban J connectivity index is 3.45. The van der Waals surface area contributed by atoms with Crippen LogP contribution in [0.25, 0.3) is 0 Å². The number of anilines is 1. The molecule has 1 amide bonds. The first kappa shape index (κ1) is 14.1. The van der Waals surface area contributed by atoms with Crippen molar-refractivity contribution in [3.8, 4) is 0 Å². The van der Waals surface area contributed by atoms with Gasteiger partial charge in [-0.3, -0.25) is 19.3 Å². The van der Waals surface area contributed by atoms with E-state index in [0.29, 0.717) is 0 Å². The molecule has 0 spiro atoms. The van der Waals surface area contributed by atoms with Crippen LogP contribution in [0, 0.1) is 6.92 Å². The van der Waals surface area contributed by atoms with Gasteiger partial charge in [0.25, 0.3) is 21.6 Å².